The van der Waals surface area contributed by atoms with E-state index in [1.165, 1.54) is 0 Å². The van der Waals surface area contributed by atoms with E-state index in [1.807, 2.05) is 53.4 Å². The molecule has 2 saturated carbocycles. The quantitative estimate of drug-likeness (QED) is 0.348. The molecule has 0 radical (unpaired) electrons. The molecule has 9 nitrogen and oxygen atoms in total. The Bertz CT molecular complexity index is 915. The summed E-state index contributed by atoms with van der Waals surface area (Å²) in [5, 5.41) is 9.26. The van der Waals surface area contributed by atoms with E-state index in [1.54, 1.807) is 0 Å². The van der Waals surface area contributed by atoms with Gasteiger partial charge in [0.15, 0.2) is 0 Å². The molecule has 1 unspecified atom stereocenters. The third-order valence-corrected chi connectivity index (χ3v) is 8.75. The van der Waals surface area contributed by atoms with Gasteiger partial charge in [0.05, 0.1) is 12.1 Å². The second kappa shape index (κ2) is 10.2. The number of fused-ring (bicyclic) bond motifs is 1. The highest BCUT2D eigenvalue weighted by Gasteiger charge is 2.68. The van der Waals surface area contributed by atoms with E-state index in [0.29, 0.717) is 24.8 Å². The smallest absolute Gasteiger partial charge is 0.315 e. The molecule has 210 valence electrons. The van der Waals surface area contributed by atoms with Crippen molar-refractivity contribution in [1.82, 2.24) is 20.9 Å². The Morgan fingerprint density at radius 2 is 1.65 bits per heavy atom. The lowest BCUT2D eigenvalue weighted by molar-refractivity contribution is -0.139. The lowest BCUT2D eigenvalue weighted by Crippen LogP contribution is -2.62. The topological polar surface area (TPSA) is 134 Å². The third kappa shape index (κ3) is 6.47. The molecule has 2 aliphatic carbocycles. The maximum atomic E-state index is 14.1. The second-order valence-electron chi connectivity index (χ2n) is 14.4. The molecule has 0 spiro atoms. The molecule has 9 heteroatoms. The predicted molar refractivity (Wildman–Crippen MR) is 143 cm³/mol. The Hall–Kier alpha value is -2.16. The highest BCUT2D eigenvalue weighted by Crippen LogP contribution is 2.65. The van der Waals surface area contributed by atoms with Crippen LogP contribution in [0.3, 0.4) is 0 Å². The number of nitrogens with one attached hydrogen (secondary N) is 3. The van der Waals surface area contributed by atoms with Crippen LogP contribution < -0.4 is 21.7 Å². The summed E-state index contributed by atoms with van der Waals surface area (Å²) in [6, 6.07) is -2.12. The van der Waals surface area contributed by atoms with Gasteiger partial charge < -0.3 is 26.6 Å². The summed E-state index contributed by atoms with van der Waals surface area (Å²) in [6.45, 7) is 18.6. The molecule has 3 aliphatic rings. The minimum absolute atomic E-state index is 0.0861. The van der Waals surface area contributed by atoms with Crippen LogP contribution in [0, 0.1) is 28.6 Å². The lowest BCUT2D eigenvalue weighted by Gasteiger charge is -2.41. The van der Waals surface area contributed by atoms with Crippen molar-refractivity contribution in [2.24, 2.45) is 34.3 Å². The van der Waals surface area contributed by atoms with Gasteiger partial charge in [0.2, 0.25) is 11.7 Å². The van der Waals surface area contributed by atoms with Crippen molar-refractivity contribution < 1.29 is 19.2 Å². The summed E-state index contributed by atoms with van der Waals surface area (Å²) in [5.41, 5.74) is 4.54. The number of urea groups is 1. The molecular formula is C28H49N5O4. The van der Waals surface area contributed by atoms with Crippen LogP contribution in [0.15, 0.2) is 0 Å². The molecule has 4 amide bonds. The molecule has 37 heavy (non-hydrogen) atoms. The van der Waals surface area contributed by atoms with Gasteiger partial charge in [0.25, 0.3) is 5.91 Å². The number of carbonyl (C=O) groups is 4. The van der Waals surface area contributed by atoms with Crippen molar-refractivity contribution in [1.29, 1.82) is 0 Å². The van der Waals surface area contributed by atoms with Crippen LogP contribution in [0.2, 0.25) is 0 Å². The van der Waals surface area contributed by atoms with Crippen molar-refractivity contribution in [2.75, 3.05) is 6.54 Å². The van der Waals surface area contributed by atoms with Gasteiger partial charge in [-0.1, -0.05) is 53.9 Å². The van der Waals surface area contributed by atoms with Crippen molar-refractivity contribution in [3.63, 3.8) is 0 Å². The van der Waals surface area contributed by atoms with Crippen LogP contribution in [0.25, 0.3) is 0 Å². The number of hydrogen-bond donors (Lipinski definition) is 4. The highest BCUT2D eigenvalue weighted by atomic mass is 16.2. The zero-order chi connectivity index (χ0) is 28.1. The van der Waals surface area contributed by atoms with Gasteiger partial charge in [0, 0.05) is 18.1 Å². The molecule has 1 heterocycles. The van der Waals surface area contributed by atoms with Crippen LogP contribution in [0.5, 0.6) is 0 Å². The minimum Gasteiger partial charge on any atom is -0.363 e. The number of primary amides is 1. The number of piperidine rings is 1. The van der Waals surface area contributed by atoms with Gasteiger partial charge in [-0.3, -0.25) is 14.4 Å². The normalized spacial score (nSPS) is 27.4. The Labute approximate surface area is 222 Å². The van der Waals surface area contributed by atoms with Crippen LogP contribution in [-0.4, -0.2) is 64.8 Å². The molecule has 6 atom stereocenters. The van der Waals surface area contributed by atoms with Gasteiger partial charge in [-0.05, 0) is 62.7 Å². The SMILES string of the molecule is CC(N[C@H](CC1CCC1)C(=O)C(N)=O)[C@@H]1[C@@H]2[C@H](CN1C(=O)[C@@H](NC(=O)NC(C)(C)C)C(C)(C)C)C2(C)C. The molecular weight excluding hydrogens is 470 g/mol. The maximum Gasteiger partial charge on any atom is 0.315 e. The first kappa shape index (κ1) is 29.4. The van der Waals surface area contributed by atoms with E-state index in [-0.39, 0.29) is 35.4 Å². The van der Waals surface area contributed by atoms with Crippen molar-refractivity contribution in [3.05, 3.63) is 0 Å². The number of nitrogens with zero attached hydrogens (tertiary/aromatic N) is 1. The standard InChI is InChI=1S/C28H49N5O4/c1-15(30-18(21(34)23(29)35)13-16-11-10-12-16)20-19-17(28(19,8)9)14-33(20)24(36)22(26(2,3)4)31-25(37)32-27(5,6)7/h15-20,22,30H,10-14H2,1-9H3,(H2,29,35)(H2,31,32,37)/t15?,17-,18+,19-,20+,22+/m0/s1. The first-order valence-corrected chi connectivity index (χ1v) is 13.8. The number of ketones is 1. The number of hydrogen-bond acceptors (Lipinski definition) is 5. The molecule has 0 bridgehead atoms. The molecule has 3 fully saturated rings. The number of Topliss-reactive ketones (excluding diaryl/α,β-unsaturated/α-hetero) is 1. The van der Waals surface area contributed by atoms with E-state index < -0.39 is 34.7 Å². The Morgan fingerprint density at radius 1 is 1.05 bits per heavy atom. The molecule has 0 aromatic carbocycles. The fourth-order valence-electron chi connectivity index (χ4n) is 6.38. The summed E-state index contributed by atoms with van der Waals surface area (Å²) in [4.78, 5) is 53.2. The van der Waals surface area contributed by atoms with Crippen molar-refractivity contribution >= 4 is 23.6 Å². The molecule has 1 saturated heterocycles. The van der Waals surface area contributed by atoms with Crippen molar-refractivity contribution in [3.8, 4) is 0 Å². The Morgan fingerprint density at radius 3 is 2.11 bits per heavy atom. The zero-order valence-corrected chi connectivity index (χ0v) is 24.2. The van der Waals surface area contributed by atoms with Gasteiger partial charge in [-0.2, -0.15) is 0 Å². The van der Waals surface area contributed by atoms with E-state index in [4.69, 9.17) is 5.73 Å². The van der Waals surface area contributed by atoms with Gasteiger partial charge >= 0.3 is 6.03 Å². The monoisotopic (exact) mass is 519 g/mol. The third-order valence-electron chi connectivity index (χ3n) is 8.75. The number of nitrogens with two attached hydrogens (primary N) is 1. The molecule has 1 aliphatic heterocycles. The fraction of sp³-hybridized carbons (Fsp3) is 0.857. The summed E-state index contributed by atoms with van der Waals surface area (Å²) >= 11 is 0. The fourth-order valence-corrected chi connectivity index (χ4v) is 6.38. The number of likely N-dealkylation sites (tertiary alicyclic amines) is 1. The molecule has 0 aromatic rings. The van der Waals surface area contributed by atoms with Crippen LogP contribution in [0.4, 0.5) is 4.79 Å². The number of carbonyl (C=O) groups excluding carboxylic acids is 4. The first-order valence-electron chi connectivity index (χ1n) is 13.8. The van der Waals surface area contributed by atoms with Gasteiger partial charge in [-0.25, -0.2) is 4.79 Å². The lowest BCUT2D eigenvalue weighted by atomic mass is 9.79. The van der Waals surface area contributed by atoms with Crippen LogP contribution in [0.1, 0.15) is 88.0 Å². The minimum atomic E-state index is -0.921. The van der Waals surface area contributed by atoms with Crippen LogP contribution >= 0.6 is 0 Å². The molecule has 0 aromatic heterocycles. The van der Waals surface area contributed by atoms with Crippen LogP contribution in [-0.2, 0) is 14.4 Å². The molecule has 5 N–H and O–H groups in total. The van der Waals surface area contributed by atoms with Gasteiger partial charge in [0.1, 0.15) is 6.04 Å². The van der Waals surface area contributed by atoms with Gasteiger partial charge in [-0.15, -0.1) is 0 Å². The number of rotatable bonds is 9. The highest BCUT2D eigenvalue weighted by molar-refractivity contribution is 6.37. The Kier molecular flexibility index (Phi) is 8.10. The molecule has 3 rings (SSSR count). The van der Waals surface area contributed by atoms with E-state index in [2.05, 4.69) is 29.8 Å². The van der Waals surface area contributed by atoms with E-state index in [9.17, 15) is 19.2 Å². The number of amides is 4. The van der Waals surface area contributed by atoms with E-state index in [0.717, 1.165) is 19.3 Å². The second-order valence-corrected chi connectivity index (χ2v) is 14.4. The summed E-state index contributed by atoms with van der Waals surface area (Å²) in [7, 11) is 0. The summed E-state index contributed by atoms with van der Waals surface area (Å²) in [6.07, 6.45) is 3.84. The zero-order valence-electron chi connectivity index (χ0n) is 24.2. The maximum absolute atomic E-state index is 14.1. The average molecular weight is 520 g/mol. The average Bonchev–Trinajstić information content (AvgIpc) is 3.06. The predicted octanol–water partition coefficient (Wildman–Crippen LogP) is 2.57. The van der Waals surface area contributed by atoms with Crippen molar-refractivity contribution in [2.45, 2.75) is 118 Å². The summed E-state index contributed by atoms with van der Waals surface area (Å²) in [5.74, 6) is -0.586. The summed E-state index contributed by atoms with van der Waals surface area (Å²) < 4.78 is 0. The van der Waals surface area contributed by atoms with E-state index >= 15 is 0 Å². The largest absolute Gasteiger partial charge is 0.363 e. The first-order chi connectivity index (χ1) is 16.8. The Balaban J connectivity index is 1.83.